The van der Waals surface area contributed by atoms with Crippen LogP contribution in [-0.4, -0.2) is 48.0 Å². The summed E-state index contributed by atoms with van der Waals surface area (Å²) in [4.78, 5) is 2.63. The summed E-state index contributed by atoms with van der Waals surface area (Å²) in [5.74, 6) is 0.503. The highest BCUT2D eigenvalue weighted by molar-refractivity contribution is 5.02. The van der Waals surface area contributed by atoms with Crippen LogP contribution in [0, 0.1) is 5.92 Å². The van der Waals surface area contributed by atoms with Crippen molar-refractivity contribution < 1.29 is 9.84 Å². The molecule has 1 spiro atoms. The third-order valence-corrected chi connectivity index (χ3v) is 5.09. The Balaban J connectivity index is 1.70. The maximum absolute atomic E-state index is 9.35. The van der Waals surface area contributed by atoms with Gasteiger partial charge in [0.05, 0.1) is 5.60 Å². The van der Waals surface area contributed by atoms with Crippen molar-refractivity contribution in [3.8, 4) is 0 Å². The summed E-state index contributed by atoms with van der Waals surface area (Å²) in [7, 11) is 0. The van der Waals surface area contributed by atoms with Crippen molar-refractivity contribution in [3.63, 3.8) is 0 Å². The van der Waals surface area contributed by atoms with E-state index in [1.807, 2.05) is 0 Å². The van der Waals surface area contributed by atoms with Crippen LogP contribution in [0.15, 0.2) is 0 Å². The summed E-state index contributed by atoms with van der Waals surface area (Å²) in [6.07, 6.45) is 8.86. The average molecular weight is 239 g/mol. The van der Waals surface area contributed by atoms with E-state index in [2.05, 4.69) is 4.90 Å². The van der Waals surface area contributed by atoms with Crippen molar-refractivity contribution in [1.29, 1.82) is 0 Å². The lowest BCUT2D eigenvalue weighted by Gasteiger charge is -2.42. The van der Waals surface area contributed by atoms with Gasteiger partial charge in [-0.05, 0) is 44.6 Å². The first-order chi connectivity index (χ1) is 8.34. The molecule has 1 saturated carbocycles. The van der Waals surface area contributed by atoms with Gasteiger partial charge >= 0.3 is 0 Å². The van der Waals surface area contributed by atoms with Gasteiger partial charge in [0.1, 0.15) is 0 Å². The molecule has 0 aromatic rings. The molecule has 2 saturated heterocycles. The van der Waals surface area contributed by atoms with E-state index in [1.54, 1.807) is 0 Å². The number of aliphatic hydroxyl groups is 1. The van der Waals surface area contributed by atoms with Gasteiger partial charge in [0, 0.05) is 25.8 Å². The summed E-state index contributed by atoms with van der Waals surface area (Å²) in [6, 6.07) is 0.638. The summed E-state index contributed by atoms with van der Waals surface area (Å²) in [5, 5.41) is 9.35. The minimum atomic E-state index is 0.192. The lowest BCUT2D eigenvalue weighted by molar-refractivity contribution is -0.0454. The Morgan fingerprint density at radius 2 is 2.00 bits per heavy atom. The molecular weight excluding hydrogens is 214 g/mol. The second-order valence-corrected chi connectivity index (χ2v) is 6.11. The van der Waals surface area contributed by atoms with E-state index < -0.39 is 0 Å². The Labute approximate surface area is 104 Å². The topological polar surface area (TPSA) is 32.7 Å². The van der Waals surface area contributed by atoms with Crippen molar-refractivity contribution in [2.75, 3.05) is 26.3 Å². The Bertz CT molecular complexity index is 257. The quantitative estimate of drug-likeness (QED) is 0.797. The molecule has 2 aliphatic heterocycles. The molecule has 2 unspecified atom stereocenters. The van der Waals surface area contributed by atoms with E-state index >= 15 is 0 Å². The number of likely N-dealkylation sites (tertiary alicyclic amines) is 1. The van der Waals surface area contributed by atoms with Crippen LogP contribution in [0.2, 0.25) is 0 Å². The highest BCUT2D eigenvalue weighted by Crippen LogP contribution is 2.44. The van der Waals surface area contributed by atoms with Gasteiger partial charge in [-0.15, -0.1) is 0 Å². The van der Waals surface area contributed by atoms with Crippen LogP contribution in [0.25, 0.3) is 0 Å². The summed E-state index contributed by atoms with van der Waals surface area (Å²) < 4.78 is 6.13. The summed E-state index contributed by atoms with van der Waals surface area (Å²) >= 11 is 0. The lowest BCUT2D eigenvalue weighted by Crippen LogP contribution is -2.52. The molecule has 2 atom stereocenters. The molecule has 0 bridgehead atoms. The van der Waals surface area contributed by atoms with Crippen molar-refractivity contribution in [1.82, 2.24) is 4.90 Å². The van der Waals surface area contributed by atoms with E-state index in [4.69, 9.17) is 4.74 Å². The molecule has 1 aliphatic carbocycles. The molecule has 3 aliphatic rings. The molecule has 3 nitrogen and oxygen atoms in total. The van der Waals surface area contributed by atoms with Gasteiger partial charge in [-0.3, -0.25) is 4.90 Å². The van der Waals surface area contributed by atoms with E-state index in [0.717, 1.165) is 13.2 Å². The largest absolute Gasteiger partial charge is 0.396 e. The van der Waals surface area contributed by atoms with Crippen molar-refractivity contribution in [2.45, 2.75) is 56.6 Å². The second kappa shape index (κ2) is 4.87. The van der Waals surface area contributed by atoms with Gasteiger partial charge in [-0.25, -0.2) is 0 Å². The molecule has 0 aromatic carbocycles. The summed E-state index contributed by atoms with van der Waals surface area (Å²) in [6.45, 7) is 3.61. The zero-order valence-corrected chi connectivity index (χ0v) is 10.7. The first-order valence-electron chi connectivity index (χ1n) is 7.33. The molecule has 2 heterocycles. The second-order valence-electron chi connectivity index (χ2n) is 6.11. The van der Waals surface area contributed by atoms with E-state index in [9.17, 15) is 5.11 Å². The number of piperidine rings is 1. The molecule has 98 valence electrons. The molecule has 0 amide bonds. The van der Waals surface area contributed by atoms with Crippen LogP contribution in [0.4, 0.5) is 0 Å². The van der Waals surface area contributed by atoms with Gasteiger partial charge in [-0.1, -0.05) is 12.8 Å². The van der Waals surface area contributed by atoms with Crippen LogP contribution in [-0.2, 0) is 4.74 Å². The van der Waals surface area contributed by atoms with Gasteiger partial charge in [0.15, 0.2) is 0 Å². The minimum Gasteiger partial charge on any atom is -0.396 e. The molecule has 3 heteroatoms. The number of hydrogen-bond acceptors (Lipinski definition) is 3. The SMILES string of the molecule is OCC1CCCN(C2CCOC23CCCC3)C1. The number of ether oxygens (including phenoxy) is 1. The van der Waals surface area contributed by atoms with E-state index in [0.29, 0.717) is 18.6 Å². The van der Waals surface area contributed by atoms with Gasteiger partial charge in [0.25, 0.3) is 0 Å². The zero-order valence-electron chi connectivity index (χ0n) is 10.7. The first kappa shape index (κ1) is 11.9. The smallest absolute Gasteiger partial charge is 0.0837 e. The van der Waals surface area contributed by atoms with Gasteiger partial charge in [0.2, 0.25) is 0 Å². The van der Waals surface area contributed by atoms with E-state index in [-0.39, 0.29) is 5.60 Å². The molecule has 1 N–H and O–H groups in total. The van der Waals surface area contributed by atoms with Crippen LogP contribution in [0.3, 0.4) is 0 Å². The molecule has 17 heavy (non-hydrogen) atoms. The molecule has 0 radical (unpaired) electrons. The Morgan fingerprint density at radius 3 is 2.76 bits per heavy atom. The highest BCUT2D eigenvalue weighted by Gasteiger charge is 2.49. The molecule has 0 aromatic heterocycles. The average Bonchev–Trinajstić information content (AvgIpc) is 3.01. The summed E-state index contributed by atoms with van der Waals surface area (Å²) in [5.41, 5.74) is 0.192. The Hall–Kier alpha value is -0.120. The number of hydrogen-bond donors (Lipinski definition) is 1. The van der Waals surface area contributed by atoms with Crippen LogP contribution >= 0.6 is 0 Å². The fourth-order valence-corrected chi connectivity index (χ4v) is 4.23. The van der Waals surface area contributed by atoms with Gasteiger partial charge in [-0.2, -0.15) is 0 Å². The lowest BCUT2D eigenvalue weighted by atomic mass is 9.88. The number of rotatable bonds is 2. The van der Waals surface area contributed by atoms with Crippen molar-refractivity contribution >= 4 is 0 Å². The molecule has 3 rings (SSSR count). The van der Waals surface area contributed by atoms with Crippen LogP contribution < -0.4 is 0 Å². The third kappa shape index (κ3) is 2.13. The van der Waals surface area contributed by atoms with Crippen LogP contribution in [0.5, 0.6) is 0 Å². The molecule has 3 fully saturated rings. The maximum Gasteiger partial charge on any atom is 0.0837 e. The van der Waals surface area contributed by atoms with Crippen molar-refractivity contribution in [3.05, 3.63) is 0 Å². The number of nitrogens with zero attached hydrogens (tertiary/aromatic N) is 1. The predicted molar refractivity (Wildman–Crippen MR) is 66.9 cm³/mol. The van der Waals surface area contributed by atoms with Crippen molar-refractivity contribution in [2.24, 2.45) is 5.92 Å². The Morgan fingerprint density at radius 1 is 1.18 bits per heavy atom. The molecular formula is C14H25NO2. The fourth-order valence-electron chi connectivity index (χ4n) is 4.23. The van der Waals surface area contributed by atoms with Crippen LogP contribution in [0.1, 0.15) is 44.9 Å². The standard InChI is InChI=1S/C14H25NO2/c16-11-12-4-3-8-15(10-12)13-5-9-17-14(13)6-1-2-7-14/h12-13,16H,1-11H2. The zero-order chi connectivity index (χ0) is 11.7. The Kier molecular flexibility index (Phi) is 3.42. The third-order valence-electron chi connectivity index (χ3n) is 5.09. The monoisotopic (exact) mass is 239 g/mol. The minimum absolute atomic E-state index is 0.192. The maximum atomic E-state index is 9.35. The first-order valence-corrected chi connectivity index (χ1v) is 7.33. The number of aliphatic hydroxyl groups excluding tert-OH is 1. The fraction of sp³-hybridized carbons (Fsp3) is 1.00. The predicted octanol–water partition coefficient (Wildman–Crippen LogP) is 1.79. The van der Waals surface area contributed by atoms with E-state index in [1.165, 1.54) is 51.5 Å². The highest BCUT2D eigenvalue weighted by atomic mass is 16.5. The normalized spacial score (nSPS) is 37.9. The van der Waals surface area contributed by atoms with Gasteiger partial charge < -0.3 is 9.84 Å².